The van der Waals surface area contributed by atoms with Crippen molar-refractivity contribution >= 4 is 5.69 Å². The van der Waals surface area contributed by atoms with E-state index in [1.165, 1.54) is 4.68 Å². The Kier molecular flexibility index (Phi) is 5.92. The number of aryl methyl sites for hydroxylation is 3. The molecule has 31 heavy (non-hydrogen) atoms. The molecule has 1 aliphatic carbocycles. The van der Waals surface area contributed by atoms with E-state index in [1.54, 1.807) is 26.4 Å². The number of ether oxygens (including phenoxy) is 2. The lowest BCUT2D eigenvalue weighted by Crippen LogP contribution is -2.24. The van der Waals surface area contributed by atoms with Crippen LogP contribution in [0, 0.1) is 5.92 Å². The molecule has 3 aromatic rings. The number of nitrogens with one attached hydrogen (secondary N) is 1. The number of nitrogens with zero attached hydrogens (tertiary/aromatic N) is 5. The van der Waals surface area contributed by atoms with Crippen molar-refractivity contribution < 1.29 is 9.47 Å². The molecule has 0 amide bonds. The number of anilines is 1. The second kappa shape index (κ2) is 8.79. The fraction of sp³-hybridized carbons (Fsp3) is 0.455. The number of pyridine rings is 1. The highest BCUT2D eigenvalue weighted by molar-refractivity contribution is 5.43. The van der Waals surface area contributed by atoms with Gasteiger partial charge in [0.1, 0.15) is 11.4 Å². The van der Waals surface area contributed by atoms with Crippen LogP contribution in [0.5, 0.6) is 11.6 Å². The Morgan fingerprint density at radius 3 is 2.71 bits per heavy atom. The van der Waals surface area contributed by atoms with Gasteiger partial charge in [0.25, 0.3) is 5.56 Å². The lowest BCUT2D eigenvalue weighted by Gasteiger charge is -2.11. The topological polar surface area (TPSA) is 96.1 Å². The van der Waals surface area contributed by atoms with Crippen molar-refractivity contribution in [2.75, 3.05) is 19.0 Å². The van der Waals surface area contributed by atoms with Crippen LogP contribution < -0.4 is 20.3 Å². The Morgan fingerprint density at radius 2 is 2.03 bits per heavy atom. The SMILES string of the molecule is CCc1cc(CNc2cc(OC[C@H]3C[C@@H]3c3ccc(OC)cn3)nn(C)c2=O)n(C)n1. The normalized spacial score (nSPS) is 17.4. The number of rotatable bonds is 9. The predicted molar refractivity (Wildman–Crippen MR) is 117 cm³/mol. The molecular weight excluding hydrogens is 396 g/mol. The van der Waals surface area contributed by atoms with E-state index < -0.39 is 0 Å². The zero-order valence-corrected chi connectivity index (χ0v) is 18.3. The maximum absolute atomic E-state index is 12.5. The zero-order valence-electron chi connectivity index (χ0n) is 18.3. The Hall–Kier alpha value is -3.36. The number of hydrogen-bond acceptors (Lipinski definition) is 7. The van der Waals surface area contributed by atoms with E-state index in [0.717, 1.165) is 35.7 Å². The number of hydrogen-bond donors (Lipinski definition) is 1. The average molecular weight is 425 g/mol. The molecule has 2 atom stereocenters. The summed E-state index contributed by atoms with van der Waals surface area (Å²) in [5.74, 6) is 1.95. The Bertz CT molecular complexity index is 1110. The smallest absolute Gasteiger partial charge is 0.290 e. The molecule has 0 bridgehead atoms. The molecule has 3 heterocycles. The maximum Gasteiger partial charge on any atom is 0.290 e. The zero-order chi connectivity index (χ0) is 22.0. The summed E-state index contributed by atoms with van der Waals surface area (Å²) in [7, 11) is 5.16. The molecule has 1 N–H and O–H groups in total. The molecule has 1 saturated carbocycles. The molecule has 0 saturated heterocycles. The largest absolute Gasteiger partial charge is 0.495 e. The van der Waals surface area contributed by atoms with Crippen LogP contribution >= 0.6 is 0 Å². The Morgan fingerprint density at radius 1 is 1.19 bits per heavy atom. The van der Waals surface area contributed by atoms with Gasteiger partial charge >= 0.3 is 0 Å². The van der Waals surface area contributed by atoms with Gasteiger partial charge in [0, 0.05) is 37.7 Å². The van der Waals surface area contributed by atoms with E-state index >= 15 is 0 Å². The van der Waals surface area contributed by atoms with Crippen molar-refractivity contribution in [2.24, 2.45) is 20.0 Å². The number of methoxy groups -OCH3 is 1. The summed E-state index contributed by atoms with van der Waals surface area (Å²) in [5.41, 5.74) is 3.34. The van der Waals surface area contributed by atoms with Gasteiger partial charge in [0.05, 0.1) is 37.8 Å². The first-order valence-corrected chi connectivity index (χ1v) is 10.4. The summed E-state index contributed by atoms with van der Waals surface area (Å²) in [5, 5.41) is 11.9. The lowest BCUT2D eigenvalue weighted by molar-refractivity contribution is 0.278. The minimum atomic E-state index is -0.197. The summed E-state index contributed by atoms with van der Waals surface area (Å²) in [6.45, 7) is 3.09. The summed E-state index contributed by atoms with van der Waals surface area (Å²) >= 11 is 0. The van der Waals surface area contributed by atoms with Gasteiger partial charge in [-0.1, -0.05) is 6.92 Å². The Balaban J connectivity index is 1.37. The monoisotopic (exact) mass is 424 g/mol. The molecule has 0 aromatic carbocycles. The molecule has 9 heteroatoms. The Labute approximate surface area is 181 Å². The molecule has 0 unspecified atom stereocenters. The highest BCUT2D eigenvalue weighted by Gasteiger charge is 2.40. The third-order valence-corrected chi connectivity index (χ3v) is 5.63. The van der Waals surface area contributed by atoms with Crippen LogP contribution in [0.2, 0.25) is 0 Å². The molecule has 4 rings (SSSR count). The first-order valence-electron chi connectivity index (χ1n) is 10.4. The van der Waals surface area contributed by atoms with E-state index in [0.29, 0.717) is 36.6 Å². The highest BCUT2D eigenvalue weighted by Crippen LogP contribution is 2.46. The molecule has 164 valence electrons. The van der Waals surface area contributed by atoms with Crippen LogP contribution in [0.15, 0.2) is 35.3 Å². The number of aromatic nitrogens is 5. The van der Waals surface area contributed by atoms with Crippen LogP contribution in [0.25, 0.3) is 0 Å². The van der Waals surface area contributed by atoms with Gasteiger partial charge in [0.2, 0.25) is 5.88 Å². The van der Waals surface area contributed by atoms with E-state index in [2.05, 4.69) is 27.4 Å². The summed E-state index contributed by atoms with van der Waals surface area (Å²) in [6.07, 6.45) is 3.64. The maximum atomic E-state index is 12.5. The second-order valence-corrected chi connectivity index (χ2v) is 7.82. The van der Waals surface area contributed by atoms with Gasteiger partial charge in [0.15, 0.2) is 0 Å². The van der Waals surface area contributed by atoms with Crippen LogP contribution in [0.1, 0.15) is 36.3 Å². The molecule has 1 aliphatic rings. The van der Waals surface area contributed by atoms with Crippen LogP contribution in [0.3, 0.4) is 0 Å². The van der Waals surface area contributed by atoms with Gasteiger partial charge in [-0.3, -0.25) is 14.5 Å². The first-order chi connectivity index (χ1) is 15.0. The van der Waals surface area contributed by atoms with Gasteiger partial charge in [-0.2, -0.15) is 5.10 Å². The molecule has 0 spiro atoms. The van der Waals surface area contributed by atoms with Crippen molar-refractivity contribution in [2.45, 2.75) is 32.2 Å². The fourth-order valence-electron chi connectivity index (χ4n) is 3.59. The summed E-state index contributed by atoms with van der Waals surface area (Å²) in [6, 6.07) is 7.63. The van der Waals surface area contributed by atoms with Crippen molar-refractivity contribution in [1.82, 2.24) is 24.5 Å². The minimum Gasteiger partial charge on any atom is -0.495 e. The van der Waals surface area contributed by atoms with E-state index in [9.17, 15) is 4.79 Å². The average Bonchev–Trinajstić information content (AvgIpc) is 3.47. The third kappa shape index (κ3) is 4.70. The van der Waals surface area contributed by atoms with Gasteiger partial charge in [-0.05, 0) is 31.0 Å². The molecule has 3 aromatic heterocycles. The van der Waals surface area contributed by atoms with E-state index in [1.807, 2.05) is 29.9 Å². The van der Waals surface area contributed by atoms with Crippen molar-refractivity contribution in [1.29, 1.82) is 0 Å². The van der Waals surface area contributed by atoms with E-state index in [-0.39, 0.29) is 5.56 Å². The van der Waals surface area contributed by atoms with Gasteiger partial charge < -0.3 is 14.8 Å². The molecule has 9 nitrogen and oxygen atoms in total. The molecule has 0 radical (unpaired) electrons. The van der Waals surface area contributed by atoms with Gasteiger partial charge in [-0.25, -0.2) is 4.68 Å². The van der Waals surface area contributed by atoms with Crippen LogP contribution in [-0.4, -0.2) is 38.3 Å². The molecule has 1 fully saturated rings. The quantitative estimate of drug-likeness (QED) is 0.563. The van der Waals surface area contributed by atoms with Crippen LogP contribution in [-0.2, 0) is 27.1 Å². The predicted octanol–water partition coefficient (Wildman–Crippen LogP) is 2.27. The summed E-state index contributed by atoms with van der Waals surface area (Å²) in [4.78, 5) is 16.9. The lowest BCUT2D eigenvalue weighted by atomic mass is 10.2. The fourth-order valence-corrected chi connectivity index (χ4v) is 3.59. The van der Waals surface area contributed by atoms with Gasteiger partial charge in [-0.15, -0.1) is 5.10 Å². The minimum absolute atomic E-state index is 0.197. The molecule has 0 aliphatic heterocycles. The summed E-state index contributed by atoms with van der Waals surface area (Å²) < 4.78 is 14.2. The molecular formula is C22H28N6O3. The second-order valence-electron chi connectivity index (χ2n) is 7.82. The first kappa shape index (κ1) is 20.9. The third-order valence-electron chi connectivity index (χ3n) is 5.63. The van der Waals surface area contributed by atoms with Crippen LogP contribution in [0.4, 0.5) is 5.69 Å². The highest BCUT2D eigenvalue weighted by atomic mass is 16.5. The van der Waals surface area contributed by atoms with E-state index in [4.69, 9.17) is 9.47 Å². The van der Waals surface area contributed by atoms with Crippen molar-refractivity contribution in [3.8, 4) is 11.6 Å². The van der Waals surface area contributed by atoms with Crippen molar-refractivity contribution in [3.05, 3.63) is 57.9 Å². The van der Waals surface area contributed by atoms with Crippen molar-refractivity contribution in [3.63, 3.8) is 0 Å². The standard InChI is InChI=1S/C22H28N6O3/c1-5-15-9-16(27(2)25-15)11-23-20-10-21(26-28(3)22(20)29)31-13-14-8-18(14)19-7-6-17(30-4)12-24-19/h6-7,9-10,12,14,18,23H,5,8,11,13H2,1-4H3/t14-,18+/m1/s1.